The number of ether oxygens (including phenoxy) is 1. The highest BCUT2D eigenvalue weighted by molar-refractivity contribution is 5.75. The minimum absolute atomic E-state index is 0.00379. The van der Waals surface area contributed by atoms with Gasteiger partial charge in [0.1, 0.15) is 11.5 Å². The Morgan fingerprint density at radius 2 is 2.10 bits per heavy atom. The van der Waals surface area contributed by atoms with Gasteiger partial charge in [-0.2, -0.15) is 0 Å². The molecule has 0 atom stereocenters. The van der Waals surface area contributed by atoms with E-state index in [1.807, 2.05) is 18.2 Å². The molecular weight excluding hydrogens is 256 g/mol. The average molecular weight is 274 g/mol. The normalized spacial score (nSPS) is 10.2. The quantitative estimate of drug-likeness (QED) is 0.821. The largest absolute Gasteiger partial charge is 0.491 e. The smallest absolute Gasteiger partial charge is 0.226 e. The van der Waals surface area contributed by atoms with Crippen LogP contribution in [0, 0.1) is 0 Å². The fourth-order valence-electron chi connectivity index (χ4n) is 1.78. The van der Waals surface area contributed by atoms with E-state index in [0.717, 1.165) is 5.76 Å². The second-order valence-corrected chi connectivity index (χ2v) is 4.47. The molecule has 5 nitrogen and oxygen atoms in total. The van der Waals surface area contributed by atoms with Crippen molar-refractivity contribution in [2.45, 2.75) is 13.0 Å². The van der Waals surface area contributed by atoms with Gasteiger partial charge in [0.2, 0.25) is 5.91 Å². The van der Waals surface area contributed by atoms with Crippen molar-refractivity contribution in [3.05, 3.63) is 48.4 Å². The molecule has 2 N–H and O–H groups in total. The topological polar surface area (TPSA) is 68.7 Å². The third kappa shape index (κ3) is 3.78. The monoisotopic (exact) mass is 274 g/mol. The lowest BCUT2D eigenvalue weighted by molar-refractivity contribution is -0.131. The van der Waals surface area contributed by atoms with Crippen LogP contribution in [0.5, 0.6) is 5.75 Å². The van der Waals surface area contributed by atoms with Crippen molar-refractivity contribution in [3.63, 3.8) is 0 Å². The lowest BCUT2D eigenvalue weighted by Gasteiger charge is -2.16. The predicted octanol–water partition coefficient (Wildman–Crippen LogP) is 2.29. The van der Waals surface area contributed by atoms with E-state index in [2.05, 4.69) is 0 Å². The van der Waals surface area contributed by atoms with E-state index in [9.17, 15) is 4.79 Å². The van der Waals surface area contributed by atoms with E-state index >= 15 is 0 Å². The zero-order valence-electron chi connectivity index (χ0n) is 11.4. The predicted molar refractivity (Wildman–Crippen MR) is 76.1 cm³/mol. The first-order valence-corrected chi connectivity index (χ1v) is 6.40. The summed E-state index contributed by atoms with van der Waals surface area (Å²) in [6.07, 6.45) is 1.89. The van der Waals surface area contributed by atoms with Crippen molar-refractivity contribution in [1.29, 1.82) is 0 Å². The summed E-state index contributed by atoms with van der Waals surface area (Å²) in [5.74, 6) is 1.36. The molecule has 0 unspecified atom stereocenters. The zero-order valence-corrected chi connectivity index (χ0v) is 11.4. The van der Waals surface area contributed by atoms with Crippen LogP contribution in [0.1, 0.15) is 12.2 Å². The van der Waals surface area contributed by atoms with Crippen molar-refractivity contribution in [3.8, 4) is 5.75 Å². The number of anilines is 1. The van der Waals surface area contributed by atoms with Gasteiger partial charge >= 0.3 is 0 Å². The Hall–Kier alpha value is -2.43. The highest BCUT2D eigenvalue weighted by Gasteiger charge is 2.11. The van der Waals surface area contributed by atoms with E-state index in [4.69, 9.17) is 14.9 Å². The third-order valence-corrected chi connectivity index (χ3v) is 2.89. The van der Waals surface area contributed by atoms with E-state index in [0.29, 0.717) is 31.0 Å². The Morgan fingerprint density at radius 3 is 2.80 bits per heavy atom. The molecule has 0 saturated carbocycles. The maximum atomic E-state index is 11.9. The molecule has 0 aliphatic rings. The summed E-state index contributed by atoms with van der Waals surface area (Å²) in [4.78, 5) is 13.5. The summed E-state index contributed by atoms with van der Waals surface area (Å²) in [7, 11) is 1.74. The Kier molecular flexibility index (Phi) is 4.65. The Morgan fingerprint density at radius 1 is 1.30 bits per heavy atom. The van der Waals surface area contributed by atoms with Crippen molar-refractivity contribution < 1.29 is 13.9 Å². The molecule has 1 heterocycles. The number of nitrogens with two attached hydrogens (primary N) is 1. The van der Waals surface area contributed by atoms with Gasteiger partial charge in [-0.05, 0) is 24.3 Å². The molecule has 5 heteroatoms. The molecule has 20 heavy (non-hydrogen) atoms. The number of amides is 1. The Balaban J connectivity index is 1.76. The summed E-state index contributed by atoms with van der Waals surface area (Å²) in [6, 6.07) is 10.9. The standard InChI is InChI=1S/C15H18N2O3/c1-17(11-12-5-4-9-19-12)15(18)8-10-20-14-7-3-2-6-13(14)16/h2-7,9H,8,10-11,16H2,1H3. The van der Waals surface area contributed by atoms with Gasteiger partial charge in [0.15, 0.2) is 0 Å². The van der Waals surface area contributed by atoms with Crippen molar-refractivity contribution >= 4 is 11.6 Å². The summed E-state index contributed by atoms with van der Waals surface area (Å²) in [5, 5.41) is 0. The fraction of sp³-hybridized carbons (Fsp3) is 0.267. The molecule has 1 aromatic heterocycles. The van der Waals surface area contributed by atoms with Gasteiger partial charge < -0.3 is 19.8 Å². The molecule has 0 spiro atoms. The molecule has 0 aliphatic carbocycles. The molecule has 0 saturated heterocycles. The highest BCUT2D eigenvalue weighted by atomic mass is 16.5. The first-order chi connectivity index (χ1) is 9.66. The van der Waals surface area contributed by atoms with E-state index in [1.54, 1.807) is 36.4 Å². The number of para-hydroxylation sites is 2. The second-order valence-electron chi connectivity index (χ2n) is 4.47. The van der Waals surface area contributed by atoms with Crippen molar-refractivity contribution in [2.24, 2.45) is 0 Å². The number of nitrogen functional groups attached to an aromatic ring is 1. The van der Waals surface area contributed by atoms with Gasteiger partial charge in [-0.3, -0.25) is 4.79 Å². The molecule has 0 aliphatic heterocycles. The van der Waals surface area contributed by atoms with Crippen LogP contribution in [0.3, 0.4) is 0 Å². The van der Waals surface area contributed by atoms with Crippen LogP contribution in [0.25, 0.3) is 0 Å². The van der Waals surface area contributed by atoms with E-state index in [1.165, 1.54) is 0 Å². The molecule has 106 valence electrons. The first-order valence-electron chi connectivity index (χ1n) is 6.40. The van der Waals surface area contributed by atoms with Crippen LogP contribution in [0.2, 0.25) is 0 Å². The maximum absolute atomic E-state index is 11.9. The zero-order chi connectivity index (χ0) is 14.4. The molecule has 1 aromatic carbocycles. The van der Waals surface area contributed by atoms with E-state index in [-0.39, 0.29) is 5.91 Å². The number of carbonyl (C=O) groups is 1. The van der Waals surface area contributed by atoms with Gasteiger partial charge in [-0.25, -0.2) is 0 Å². The van der Waals surface area contributed by atoms with Gasteiger partial charge in [-0.1, -0.05) is 12.1 Å². The second kappa shape index (κ2) is 6.65. The maximum Gasteiger partial charge on any atom is 0.226 e. The highest BCUT2D eigenvalue weighted by Crippen LogP contribution is 2.19. The van der Waals surface area contributed by atoms with Crippen LogP contribution in [-0.2, 0) is 11.3 Å². The SMILES string of the molecule is CN(Cc1ccco1)C(=O)CCOc1ccccc1N. The number of hydrogen-bond donors (Lipinski definition) is 1. The number of nitrogens with zero attached hydrogens (tertiary/aromatic N) is 1. The first kappa shape index (κ1) is 14.0. The van der Waals surface area contributed by atoms with Crippen LogP contribution >= 0.6 is 0 Å². The van der Waals surface area contributed by atoms with E-state index < -0.39 is 0 Å². The molecule has 1 amide bonds. The summed E-state index contributed by atoms with van der Waals surface area (Å²) in [5.41, 5.74) is 6.33. The number of furan rings is 1. The molecule has 0 radical (unpaired) electrons. The van der Waals surface area contributed by atoms with Gasteiger partial charge in [0.25, 0.3) is 0 Å². The minimum Gasteiger partial charge on any atom is -0.491 e. The summed E-state index contributed by atoms with van der Waals surface area (Å²) < 4.78 is 10.7. The summed E-state index contributed by atoms with van der Waals surface area (Å²) >= 11 is 0. The Bertz CT molecular complexity index is 552. The van der Waals surface area contributed by atoms with Crippen molar-refractivity contribution in [1.82, 2.24) is 4.90 Å². The fourth-order valence-corrected chi connectivity index (χ4v) is 1.78. The number of rotatable bonds is 6. The third-order valence-electron chi connectivity index (χ3n) is 2.89. The lowest BCUT2D eigenvalue weighted by atomic mass is 10.3. The minimum atomic E-state index is -0.00379. The average Bonchev–Trinajstić information content (AvgIpc) is 2.93. The van der Waals surface area contributed by atoms with Crippen LogP contribution in [0.4, 0.5) is 5.69 Å². The number of benzene rings is 1. The molecule has 0 fully saturated rings. The van der Waals surface area contributed by atoms with Crippen LogP contribution in [-0.4, -0.2) is 24.5 Å². The van der Waals surface area contributed by atoms with Gasteiger partial charge in [0, 0.05) is 7.05 Å². The van der Waals surface area contributed by atoms with Crippen LogP contribution < -0.4 is 10.5 Å². The number of carbonyl (C=O) groups excluding carboxylic acids is 1. The lowest BCUT2D eigenvalue weighted by Crippen LogP contribution is -2.27. The molecular formula is C15H18N2O3. The van der Waals surface area contributed by atoms with Gasteiger partial charge in [0.05, 0.1) is 31.5 Å². The van der Waals surface area contributed by atoms with Crippen LogP contribution in [0.15, 0.2) is 47.1 Å². The summed E-state index contributed by atoms with van der Waals surface area (Å²) in [6.45, 7) is 0.759. The molecule has 2 aromatic rings. The molecule has 0 bridgehead atoms. The van der Waals surface area contributed by atoms with Crippen molar-refractivity contribution in [2.75, 3.05) is 19.4 Å². The Labute approximate surface area is 117 Å². The van der Waals surface area contributed by atoms with Gasteiger partial charge in [-0.15, -0.1) is 0 Å². The molecule has 2 rings (SSSR count). The number of hydrogen-bond acceptors (Lipinski definition) is 4.